The van der Waals surface area contributed by atoms with E-state index in [1.54, 1.807) is 18.2 Å². The summed E-state index contributed by atoms with van der Waals surface area (Å²) in [6.45, 7) is 1.05. The lowest BCUT2D eigenvalue weighted by atomic mass is 10.1. The number of thioether (sulfide) groups is 1. The minimum atomic E-state index is -0.920. The first-order chi connectivity index (χ1) is 14.1. The third-order valence-electron chi connectivity index (χ3n) is 4.16. The lowest BCUT2D eigenvalue weighted by Crippen LogP contribution is -2.05. The first-order valence-corrected chi connectivity index (χ1v) is 10.5. The predicted octanol–water partition coefficient (Wildman–Crippen LogP) is 6.77. The molecule has 1 N–H and O–H groups in total. The zero-order valence-electron chi connectivity index (χ0n) is 15.7. The average Bonchev–Trinajstić information content (AvgIpc) is 2.74. The highest BCUT2D eigenvalue weighted by Gasteiger charge is 2.06. The van der Waals surface area contributed by atoms with Crippen molar-refractivity contribution in [3.05, 3.63) is 83.4 Å². The van der Waals surface area contributed by atoms with E-state index in [9.17, 15) is 4.79 Å². The van der Waals surface area contributed by atoms with Crippen LogP contribution >= 0.6 is 23.4 Å². The highest BCUT2D eigenvalue weighted by Crippen LogP contribution is 2.26. The summed E-state index contributed by atoms with van der Waals surface area (Å²) in [5.74, 6) is 1.81. The molecular formula is C23H21ClO4S. The van der Waals surface area contributed by atoms with Crippen molar-refractivity contribution < 1.29 is 19.4 Å². The summed E-state index contributed by atoms with van der Waals surface area (Å²) in [7, 11) is 0. The number of rotatable bonds is 9. The van der Waals surface area contributed by atoms with E-state index in [2.05, 4.69) is 12.1 Å². The van der Waals surface area contributed by atoms with Crippen molar-refractivity contribution in [2.45, 2.75) is 12.2 Å². The number of carbonyl (C=O) groups is 1. The van der Waals surface area contributed by atoms with Gasteiger partial charge in [-0.25, -0.2) is 4.79 Å². The molecule has 0 saturated heterocycles. The summed E-state index contributed by atoms with van der Waals surface area (Å²) in [4.78, 5) is 10.6. The van der Waals surface area contributed by atoms with E-state index < -0.39 is 5.30 Å². The minimum Gasteiger partial charge on any atom is -0.493 e. The van der Waals surface area contributed by atoms with E-state index in [-0.39, 0.29) is 0 Å². The van der Waals surface area contributed by atoms with E-state index in [0.717, 1.165) is 35.1 Å². The molecule has 0 atom stereocenters. The Balaban J connectivity index is 1.39. The van der Waals surface area contributed by atoms with Crippen molar-refractivity contribution in [3.63, 3.8) is 0 Å². The molecule has 0 aliphatic heterocycles. The molecule has 3 aromatic rings. The fourth-order valence-electron chi connectivity index (χ4n) is 2.69. The quantitative estimate of drug-likeness (QED) is 0.381. The Kier molecular flexibility index (Phi) is 7.85. The van der Waals surface area contributed by atoms with Gasteiger partial charge in [-0.1, -0.05) is 60.1 Å². The van der Waals surface area contributed by atoms with Gasteiger partial charge in [0.1, 0.15) is 11.5 Å². The molecule has 150 valence electrons. The molecule has 0 unspecified atom stereocenters. The first-order valence-electron chi connectivity index (χ1n) is 9.17. The molecule has 3 rings (SSSR count). The normalized spacial score (nSPS) is 10.5. The molecule has 0 aliphatic rings. The summed E-state index contributed by atoms with van der Waals surface area (Å²) < 4.78 is 11.5. The van der Waals surface area contributed by atoms with Gasteiger partial charge in [0.05, 0.1) is 13.2 Å². The Bertz CT molecular complexity index is 929. The second kappa shape index (κ2) is 10.8. The third-order valence-corrected chi connectivity index (χ3v) is 5.22. The standard InChI is InChI=1S/C23H21ClO4S/c24-22-15-21(12-9-19(22)16-29-23(25)26)28-14-4-13-27-20-10-7-18(8-11-20)17-5-2-1-3-6-17/h1-3,5-12,15H,4,13-14,16H2,(H,25,26). The fraction of sp³-hybridized carbons (Fsp3) is 0.174. The Morgan fingerprint density at radius 3 is 2.14 bits per heavy atom. The summed E-state index contributed by atoms with van der Waals surface area (Å²) in [5.41, 5.74) is 3.11. The van der Waals surface area contributed by atoms with Crippen LogP contribution in [-0.4, -0.2) is 23.6 Å². The topological polar surface area (TPSA) is 55.8 Å². The van der Waals surface area contributed by atoms with Crippen molar-refractivity contribution in [1.82, 2.24) is 0 Å². The molecule has 0 spiro atoms. The molecule has 0 aromatic heterocycles. The van der Waals surface area contributed by atoms with Gasteiger partial charge < -0.3 is 14.6 Å². The maximum Gasteiger partial charge on any atom is 0.365 e. The molecule has 0 saturated carbocycles. The molecule has 29 heavy (non-hydrogen) atoms. The Labute approximate surface area is 179 Å². The van der Waals surface area contributed by atoms with Crippen LogP contribution in [0.1, 0.15) is 12.0 Å². The summed E-state index contributed by atoms with van der Waals surface area (Å²) in [5, 5.41) is 8.30. The molecule has 0 fully saturated rings. The van der Waals surface area contributed by atoms with E-state index in [4.69, 9.17) is 26.2 Å². The van der Waals surface area contributed by atoms with Gasteiger partial charge in [-0.3, -0.25) is 0 Å². The molecule has 0 heterocycles. The Morgan fingerprint density at radius 2 is 1.48 bits per heavy atom. The van der Waals surface area contributed by atoms with Gasteiger partial charge in [-0.2, -0.15) is 0 Å². The van der Waals surface area contributed by atoms with Crippen LogP contribution in [0.3, 0.4) is 0 Å². The third kappa shape index (κ3) is 6.73. The second-order valence-electron chi connectivity index (χ2n) is 6.25. The van der Waals surface area contributed by atoms with Crippen LogP contribution in [0.2, 0.25) is 5.02 Å². The number of hydrogen-bond acceptors (Lipinski definition) is 4. The van der Waals surface area contributed by atoms with Gasteiger partial charge in [0, 0.05) is 17.2 Å². The van der Waals surface area contributed by atoms with Crippen LogP contribution in [0.5, 0.6) is 11.5 Å². The average molecular weight is 429 g/mol. The minimum absolute atomic E-state index is 0.325. The zero-order chi connectivity index (χ0) is 20.5. The maximum absolute atomic E-state index is 10.6. The van der Waals surface area contributed by atoms with Crippen LogP contribution in [0.25, 0.3) is 11.1 Å². The lowest BCUT2D eigenvalue weighted by molar-refractivity contribution is 0.222. The number of carboxylic acid groups (broad SMARTS) is 1. The highest BCUT2D eigenvalue weighted by atomic mass is 35.5. The van der Waals surface area contributed by atoms with Gasteiger partial charge in [0.15, 0.2) is 0 Å². The van der Waals surface area contributed by atoms with Crippen molar-refractivity contribution in [2.75, 3.05) is 13.2 Å². The number of benzene rings is 3. The monoisotopic (exact) mass is 428 g/mol. The first kappa shape index (κ1) is 21.1. The summed E-state index contributed by atoms with van der Waals surface area (Å²) >= 11 is 6.98. The Morgan fingerprint density at radius 1 is 0.862 bits per heavy atom. The molecule has 0 bridgehead atoms. The van der Waals surface area contributed by atoms with Gasteiger partial charge in [-0.15, -0.1) is 0 Å². The summed E-state index contributed by atoms with van der Waals surface area (Å²) in [6, 6.07) is 23.5. The van der Waals surface area contributed by atoms with Gasteiger partial charge >= 0.3 is 5.30 Å². The smallest absolute Gasteiger partial charge is 0.365 e. The van der Waals surface area contributed by atoms with Crippen molar-refractivity contribution in [3.8, 4) is 22.6 Å². The van der Waals surface area contributed by atoms with E-state index in [1.807, 2.05) is 42.5 Å². The van der Waals surface area contributed by atoms with Gasteiger partial charge in [-0.05, 0) is 52.7 Å². The molecule has 0 aliphatic carbocycles. The van der Waals surface area contributed by atoms with Crippen LogP contribution in [0, 0.1) is 0 Å². The number of hydrogen-bond donors (Lipinski definition) is 1. The zero-order valence-corrected chi connectivity index (χ0v) is 17.3. The van der Waals surface area contributed by atoms with Crippen molar-refractivity contribution in [1.29, 1.82) is 0 Å². The predicted molar refractivity (Wildman–Crippen MR) is 118 cm³/mol. The van der Waals surface area contributed by atoms with E-state index in [1.165, 1.54) is 5.56 Å². The molecule has 0 amide bonds. The summed E-state index contributed by atoms with van der Waals surface area (Å²) in [6.07, 6.45) is 0.731. The van der Waals surface area contributed by atoms with Crippen LogP contribution in [0.4, 0.5) is 4.79 Å². The van der Waals surface area contributed by atoms with Crippen LogP contribution in [-0.2, 0) is 5.75 Å². The maximum atomic E-state index is 10.6. The fourth-order valence-corrected chi connectivity index (χ4v) is 3.53. The number of ether oxygens (including phenoxy) is 2. The highest BCUT2D eigenvalue weighted by molar-refractivity contribution is 8.12. The molecule has 4 nitrogen and oxygen atoms in total. The van der Waals surface area contributed by atoms with Crippen LogP contribution < -0.4 is 9.47 Å². The second-order valence-corrected chi connectivity index (χ2v) is 7.58. The molecule has 0 radical (unpaired) electrons. The van der Waals surface area contributed by atoms with Crippen LogP contribution in [0.15, 0.2) is 72.8 Å². The lowest BCUT2D eigenvalue weighted by Gasteiger charge is -2.10. The molecular weight excluding hydrogens is 408 g/mol. The van der Waals surface area contributed by atoms with Gasteiger partial charge in [0.2, 0.25) is 0 Å². The van der Waals surface area contributed by atoms with E-state index in [0.29, 0.717) is 29.7 Å². The molecule has 3 aromatic carbocycles. The van der Waals surface area contributed by atoms with E-state index >= 15 is 0 Å². The largest absolute Gasteiger partial charge is 0.493 e. The molecule has 6 heteroatoms. The van der Waals surface area contributed by atoms with Gasteiger partial charge in [0.25, 0.3) is 0 Å². The number of halogens is 1. The van der Waals surface area contributed by atoms with Crippen molar-refractivity contribution in [2.24, 2.45) is 0 Å². The Hall–Kier alpha value is -2.63. The van der Waals surface area contributed by atoms with Crippen molar-refractivity contribution >= 4 is 28.7 Å². The SMILES string of the molecule is O=C(O)SCc1ccc(OCCCOc2ccc(-c3ccccc3)cc2)cc1Cl.